The molecule has 2 atom stereocenters. The van der Waals surface area contributed by atoms with Crippen LogP contribution in [-0.2, 0) is 9.59 Å². The van der Waals surface area contributed by atoms with Crippen LogP contribution in [0.3, 0.4) is 0 Å². The Bertz CT molecular complexity index is 281. The Morgan fingerprint density at radius 3 is 1.25 bits per heavy atom. The number of alkyl halides is 6. The Balaban J connectivity index is 0.00000225. The van der Waals surface area contributed by atoms with Crippen molar-refractivity contribution in [3.8, 4) is 0 Å². The maximum Gasteiger partial charge on any atom is 0.401 e. The first-order valence-electron chi connectivity index (χ1n) is 3.53. The van der Waals surface area contributed by atoms with Crippen molar-refractivity contribution >= 4 is 41.4 Å². The summed E-state index contributed by atoms with van der Waals surface area (Å²) in [5.74, 6) is -10.6. The quantitative estimate of drug-likeness (QED) is 0.393. The van der Waals surface area contributed by atoms with Crippen LogP contribution in [0.15, 0.2) is 0 Å². The summed E-state index contributed by atoms with van der Waals surface area (Å²) in [7, 11) is 0. The van der Waals surface area contributed by atoms with Gasteiger partial charge in [0.1, 0.15) is 0 Å². The molecule has 1 aliphatic heterocycles. The van der Waals surface area contributed by atoms with E-state index in [0.717, 1.165) is 5.32 Å². The number of halogens is 6. The summed E-state index contributed by atoms with van der Waals surface area (Å²) in [5.41, 5.74) is 0. The van der Waals surface area contributed by atoms with Crippen molar-refractivity contribution in [2.45, 2.75) is 12.4 Å². The van der Waals surface area contributed by atoms with Gasteiger partial charge in [0.05, 0.1) is 0 Å². The molecule has 1 saturated heterocycles. The summed E-state index contributed by atoms with van der Waals surface area (Å²) >= 11 is 0. The Morgan fingerprint density at radius 1 is 0.812 bits per heavy atom. The van der Waals surface area contributed by atoms with Gasteiger partial charge < -0.3 is 0 Å². The molecule has 0 aromatic carbocycles. The van der Waals surface area contributed by atoms with Gasteiger partial charge in [-0.05, 0) is 0 Å². The minimum Gasteiger partial charge on any atom is -0.295 e. The van der Waals surface area contributed by atoms with E-state index in [0.29, 0.717) is 0 Å². The van der Waals surface area contributed by atoms with Crippen LogP contribution in [0.4, 0.5) is 26.3 Å². The van der Waals surface area contributed by atoms with E-state index in [9.17, 15) is 35.9 Å². The molecule has 1 fully saturated rings. The van der Waals surface area contributed by atoms with Gasteiger partial charge in [0.2, 0.25) is 11.8 Å². The fraction of sp³-hybridized carbons (Fsp3) is 0.667. The summed E-state index contributed by atoms with van der Waals surface area (Å²) in [4.78, 5) is 21.1. The van der Waals surface area contributed by atoms with Crippen LogP contribution in [-0.4, -0.2) is 53.7 Å². The minimum absolute atomic E-state index is 0. The first-order valence-corrected chi connectivity index (χ1v) is 3.53. The van der Waals surface area contributed by atoms with Gasteiger partial charge in [0.25, 0.3) is 0 Å². The van der Waals surface area contributed by atoms with E-state index in [1.54, 1.807) is 0 Å². The van der Waals surface area contributed by atoms with E-state index in [4.69, 9.17) is 0 Å². The Labute approximate surface area is 107 Å². The van der Waals surface area contributed by atoms with E-state index in [2.05, 4.69) is 0 Å². The Kier molecular flexibility index (Phi) is 4.46. The van der Waals surface area contributed by atoms with Crippen LogP contribution in [0.1, 0.15) is 0 Å². The molecule has 0 saturated carbocycles. The maximum atomic E-state index is 12.1. The number of nitrogens with one attached hydrogen (secondary N) is 1. The molecule has 0 spiro atoms. The summed E-state index contributed by atoms with van der Waals surface area (Å²) in [5, 5.41) is 1.01. The molecule has 1 N–H and O–H groups in total. The van der Waals surface area contributed by atoms with E-state index in [-0.39, 0.29) is 29.6 Å². The predicted molar refractivity (Wildman–Crippen MR) is 38.0 cm³/mol. The molecule has 0 bridgehead atoms. The molecular weight excluding hydrogens is 255 g/mol. The second kappa shape index (κ2) is 4.53. The molecule has 10 heteroatoms. The summed E-state index contributed by atoms with van der Waals surface area (Å²) in [6.07, 6.45) is -10.8. The van der Waals surface area contributed by atoms with Gasteiger partial charge in [-0.2, -0.15) is 26.3 Å². The summed E-state index contributed by atoms with van der Waals surface area (Å²) in [6, 6.07) is 0. The van der Waals surface area contributed by atoms with Crippen LogP contribution < -0.4 is 5.32 Å². The van der Waals surface area contributed by atoms with Gasteiger partial charge in [-0.15, -0.1) is 0 Å². The molecule has 1 radical (unpaired) electrons. The van der Waals surface area contributed by atoms with E-state index >= 15 is 0 Å². The molecule has 1 aliphatic rings. The molecule has 0 aromatic heterocycles. The minimum atomic E-state index is -5.39. The molecule has 0 aromatic rings. The van der Waals surface area contributed by atoms with Gasteiger partial charge in [0, 0.05) is 29.6 Å². The SMILES string of the molecule is O=C1NC(=O)C(C(F)(F)F)C1C(F)(F)F.[Na]. The Hall–Kier alpha value is -0.280. The van der Waals surface area contributed by atoms with Crippen LogP contribution in [0.2, 0.25) is 0 Å². The van der Waals surface area contributed by atoms with E-state index < -0.39 is 36.0 Å². The molecule has 0 aliphatic carbocycles. The molecule has 87 valence electrons. The molecule has 1 heterocycles. The number of carbonyl (C=O) groups is 2. The fourth-order valence-electron chi connectivity index (χ4n) is 1.25. The zero-order valence-corrected chi connectivity index (χ0v) is 9.74. The molecule has 16 heavy (non-hydrogen) atoms. The third-order valence-corrected chi connectivity index (χ3v) is 1.85. The van der Waals surface area contributed by atoms with Gasteiger partial charge in [0.15, 0.2) is 11.8 Å². The number of carbonyl (C=O) groups excluding carboxylic acids is 2. The third-order valence-electron chi connectivity index (χ3n) is 1.85. The third kappa shape index (κ3) is 2.89. The van der Waals surface area contributed by atoms with Crippen molar-refractivity contribution in [3.63, 3.8) is 0 Å². The largest absolute Gasteiger partial charge is 0.401 e. The molecule has 2 unspecified atom stereocenters. The standard InChI is InChI=1S/C6H3F6NO2.Na/c7-5(8,9)1-2(6(10,11)12)4(15)13-3(1)14;/h1-2H,(H,13,14,15);. The molecule has 1 rings (SSSR count). The van der Waals surface area contributed by atoms with Crippen molar-refractivity contribution in [2.75, 3.05) is 0 Å². The average molecular weight is 258 g/mol. The van der Waals surface area contributed by atoms with Crippen molar-refractivity contribution in [1.29, 1.82) is 0 Å². The molecular formula is C6H3F6NNaO2. The zero-order chi connectivity index (χ0) is 12.0. The fourth-order valence-corrected chi connectivity index (χ4v) is 1.25. The second-order valence-electron chi connectivity index (χ2n) is 2.89. The maximum absolute atomic E-state index is 12.1. The van der Waals surface area contributed by atoms with Crippen LogP contribution in [0, 0.1) is 11.8 Å². The van der Waals surface area contributed by atoms with Crippen molar-refractivity contribution in [1.82, 2.24) is 5.32 Å². The summed E-state index contributed by atoms with van der Waals surface area (Å²) in [6.45, 7) is 0. The first kappa shape index (κ1) is 15.7. The normalized spacial score (nSPS) is 26.4. The predicted octanol–water partition coefficient (Wildman–Crippen LogP) is 0.619. The first-order chi connectivity index (χ1) is 6.55. The van der Waals surface area contributed by atoms with Crippen molar-refractivity contribution < 1.29 is 35.9 Å². The number of imide groups is 1. The smallest absolute Gasteiger partial charge is 0.295 e. The molecule has 2 amide bonds. The monoisotopic (exact) mass is 258 g/mol. The van der Waals surface area contributed by atoms with Crippen molar-refractivity contribution in [2.24, 2.45) is 11.8 Å². The second-order valence-corrected chi connectivity index (χ2v) is 2.89. The van der Waals surface area contributed by atoms with Gasteiger partial charge in [-0.1, -0.05) is 0 Å². The van der Waals surface area contributed by atoms with Crippen LogP contribution in [0.25, 0.3) is 0 Å². The molecule has 3 nitrogen and oxygen atoms in total. The zero-order valence-electron chi connectivity index (χ0n) is 7.74. The topological polar surface area (TPSA) is 46.2 Å². The van der Waals surface area contributed by atoms with E-state index in [1.807, 2.05) is 0 Å². The van der Waals surface area contributed by atoms with Gasteiger partial charge >= 0.3 is 12.4 Å². The number of hydrogen-bond donors (Lipinski definition) is 1. The van der Waals surface area contributed by atoms with Gasteiger partial charge in [-0.25, -0.2) is 0 Å². The van der Waals surface area contributed by atoms with E-state index in [1.165, 1.54) is 0 Å². The van der Waals surface area contributed by atoms with Crippen LogP contribution in [0.5, 0.6) is 0 Å². The number of rotatable bonds is 0. The summed E-state index contributed by atoms with van der Waals surface area (Å²) < 4.78 is 72.3. The average Bonchev–Trinajstić information content (AvgIpc) is 2.22. The van der Waals surface area contributed by atoms with Gasteiger partial charge in [-0.3, -0.25) is 14.9 Å². The Morgan fingerprint density at radius 2 is 1.06 bits per heavy atom. The van der Waals surface area contributed by atoms with Crippen LogP contribution >= 0.6 is 0 Å². The number of hydrogen-bond acceptors (Lipinski definition) is 2. The number of amides is 2. The van der Waals surface area contributed by atoms with Crippen molar-refractivity contribution in [3.05, 3.63) is 0 Å².